The van der Waals surface area contributed by atoms with Crippen LogP contribution in [0.15, 0.2) is 23.1 Å². The van der Waals surface area contributed by atoms with E-state index in [1.807, 2.05) is 21.0 Å². The molecule has 0 unspecified atom stereocenters. The summed E-state index contributed by atoms with van der Waals surface area (Å²) in [6.07, 6.45) is 1.74. The second-order valence-electron chi connectivity index (χ2n) is 5.62. The lowest BCUT2D eigenvalue weighted by Crippen LogP contribution is -2.44. The fourth-order valence-electron chi connectivity index (χ4n) is 2.53. The Morgan fingerprint density at radius 3 is 2.35 bits per heavy atom. The van der Waals surface area contributed by atoms with Crippen molar-refractivity contribution in [2.24, 2.45) is 0 Å². The van der Waals surface area contributed by atoms with Gasteiger partial charge >= 0.3 is 0 Å². The van der Waals surface area contributed by atoms with Gasteiger partial charge in [-0.2, -0.15) is 4.31 Å². The van der Waals surface area contributed by atoms with E-state index in [9.17, 15) is 8.42 Å². The number of piperidine rings is 1. The number of sulfonamides is 1. The molecule has 0 bridgehead atoms. The van der Waals surface area contributed by atoms with Crippen molar-refractivity contribution in [2.75, 3.05) is 32.9 Å². The Kier molecular flexibility index (Phi) is 4.36. The molecule has 1 aromatic carbocycles. The van der Waals surface area contributed by atoms with Gasteiger partial charge in [-0.15, -0.1) is 0 Å². The molecule has 0 radical (unpaired) electrons. The molecule has 5 nitrogen and oxygen atoms in total. The molecule has 1 aliphatic rings. The third-order valence-corrected chi connectivity index (χ3v) is 5.94. The first-order valence-corrected chi connectivity index (χ1v) is 8.29. The van der Waals surface area contributed by atoms with Crippen LogP contribution in [0.4, 0.5) is 5.69 Å². The van der Waals surface area contributed by atoms with Crippen LogP contribution in [0, 0.1) is 6.92 Å². The summed E-state index contributed by atoms with van der Waals surface area (Å²) in [5.41, 5.74) is 7.24. The van der Waals surface area contributed by atoms with Gasteiger partial charge in [0.25, 0.3) is 0 Å². The SMILES string of the molecule is Cc1ccc(S(=O)(=O)N2CCC(N(C)C)CC2)cc1N. The Morgan fingerprint density at radius 1 is 1.25 bits per heavy atom. The highest BCUT2D eigenvalue weighted by molar-refractivity contribution is 7.89. The molecule has 0 atom stereocenters. The lowest BCUT2D eigenvalue weighted by Gasteiger charge is -2.34. The van der Waals surface area contributed by atoms with Crippen LogP contribution in [0.25, 0.3) is 0 Å². The van der Waals surface area contributed by atoms with E-state index in [1.165, 1.54) is 0 Å². The Morgan fingerprint density at radius 2 is 1.85 bits per heavy atom. The van der Waals surface area contributed by atoms with Crippen molar-refractivity contribution in [3.05, 3.63) is 23.8 Å². The second-order valence-corrected chi connectivity index (χ2v) is 7.56. The highest BCUT2D eigenvalue weighted by Gasteiger charge is 2.30. The average Bonchev–Trinajstić information content (AvgIpc) is 2.41. The largest absolute Gasteiger partial charge is 0.398 e. The summed E-state index contributed by atoms with van der Waals surface area (Å²) in [5.74, 6) is 0. The van der Waals surface area contributed by atoms with E-state index < -0.39 is 10.0 Å². The standard InChI is InChI=1S/C14H23N3O2S/c1-11-4-5-13(10-14(11)15)20(18,19)17-8-6-12(7-9-17)16(2)3/h4-5,10,12H,6-9,15H2,1-3H3. The molecule has 1 aliphatic heterocycles. The normalized spacial score (nSPS) is 18.6. The monoisotopic (exact) mass is 297 g/mol. The minimum absolute atomic E-state index is 0.295. The lowest BCUT2D eigenvalue weighted by molar-refractivity contribution is 0.196. The van der Waals surface area contributed by atoms with Crippen LogP contribution < -0.4 is 5.73 Å². The van der Waals surface area contributed by atoms with Gasteiger partial charge in [0.1, 0.15) is 0 Å². The zero-order valence-electron chi connectivity index (χ0n) is 12.3. The molecular weight excluding hydrogens is 274 g/mol. The summed E-state index contributed by atoms with van der Waals surface area (Å²) < 4.78 is 26.7. The smallest absolute Gasteiger partial charge is 0.243 e. The van der Waals surface area contributed by atoms with E-state index >= 15 is 0 Å². The summed E-state index contributed by atoms with van der Waals surface area (Å²) in [6.45, 7) is 3.01. The van der Waals surface area contributed by atoms with Crippen LogP contribution in [-0.2, 0) is 10.0 Å². The number of hydrogen-bond acceptors (Lipinski definition) is 4. The van der Waals surface area contributed by atoms with Crippen LogP contribution in [0.3, 0.4) is 0 Å². The van der Waals surface area contributed by atoms with E-state index in [2.05, 4.69) is 4.90 Å². The number of nitrogen functional groups attached to an aromatic ring is 1. The molecule has 0 saturated carbocycles. The zero-order chi connectivity index (χ0) is 14.9. The second kappa shape index (κ2) is 5.71. The zero-order valence-corrected chi connectivity index (χ0v) is 13.2. The van der Waals surface area contributed by atoms with Gasteiger partial charge in [-0.1, -0.05) is 6.07 Å². The van der Waals surface area contributed by atoms with Crippen molar-refractivity contribution in [2.45, 2.75) is 30.7 Å². The number of benzene rings is 1. The molecule has 0 spiro atoms. The van der Waals surface area contributed by atoms with Crippen LogP contribution >= 0.6 is 0 Å². The number of nitrogens with two attached hydrogens (primary N) is 1. The van der Waals surface area contributed by atoms with Crippen molar-refractivity contribution in [1.82, 2.24) is 9.21 Å². The summed E-state index contributed by atoms with van der Waals surface area (Å²) in [6, 6.07) is 5.42. The van der Waals surface area contributed by atoms with Crippen LogP contribution in [0.2, 0.25) is 0 Å². The maximum Gasteiger partial charge on any atom is 0.243 e. The number of rotatable bonds is 3. The first kappa shape index (κ1) is 15.3. The molecule has 112 valence electrons. The first-order valence-electron chi connectivity index (χ1n) is 6.85. The van der Waals surface area contributed by atoms with Crippen LogP contribution in [-0.4, -0.2) is 50.8 Å². The quantitative estimate of drug-likeness (QED) is 0.854. The van der Waals surface area contributed by atoms with E-state index in [-0.39, 0.29) is 0 Å². The van der Waals surface area contributed by atoms with E-state index in [1.54, 1.807) is 22.5 Å². The minimum Gasteiger partial charge on any atom is -0.398 e. The molecule has 0 amide bonds. The summed E-state index contributed by atoms with van der Waals surface area (Å²) in [7, 11) is 0.659. The van der Waals surface area contributed by atoms with Crippen molar-refractivity contribution in [1.29, 1.82) is 0 Å². The Hall–Kier alpha value is -1.11. The Labute approximate surface area is 121 Å². The van der Waals surface area contributed by atoms with Crippen LogP contribution in [0.5, 0.6) is 0 Å². The maximum atomic E-state index is 12.6. The van der Waals surface area contributed by atoms with E-state index in [0.717, 1.165) is 18.4 Å². The fraction of sp³-hybridized carbons (Fsp3) is 0.571. The molecule has 1 saturated heterocycles. The third-order valence-electron chi connectivity index (χ3n) is 4.04. The molecule has 20 heavy (non-hydrogen) atoms. The van der Waals surface area contributed by atoms with Gasteiger partial charge in [0, 0.05) is 24.8 Å². The molecule has 0 aromatic heterocycles. The van der Waals surface area contributed by atoms with Crippen molar-refractivity contribution in [3.63, 3.8) is 0 Å². The maximum absolute atomic E-state index is 12.6. The molecular formula is C14H23N3O2S. The predicted octanol–water partition coefficient (Wildman–Crippen LogP) is 1.29. The van der Waals surface area contributed by atoms with Crippen molar-refractivity contribution < 1.29 is 8.42 Å². The molecule has 1 aromatic rings. The van der Waals surface area contributed by atoms with Gasteiger partial charge in [0.05, 0.1) is 4.90 Å². The topological polar surface area (TPSA) is 66.6 Å². The average molecular weight is 297 g/mol. The molecule has 1 fully saturated rings. The first-order chi connectivity index (χ1) is 9.32. The molecule has 2 rings (SSSR count). The van der Waals surface area contributed by atoms with Crippen LogP contribution in [0.1, 0.15) is 18.4 Å². The van der Waals surface area contributed by atoms with Gasteiger partial charge < -0.3 is 10.6 Å². The highest BCUT2D eigenvalue weighted by Crippen LogP contribution is 2.24. The van der Waals surface area contributed by atoms with E-state index in [0.29, 0.717) is 29.7 Å². The molecule has 2 N–H and O–H groups in total. The lowest BCUT2D eigenvalue weighted by atomic mass is 10.1. The third kappa shape index (κ3) is 2.97. The Bertz CT molecular complexity index is 576. The summed E-state index contributed by atoms with van der Waals surface area (Å²) in [5, 5.41) is 0. The number of nitrogens with zero attached hydrogens (tertiary/aromatic N) is 2. The summed E-state index contributed by atoms with van der Waals surface area (Å²) in [4.78, 5) is 2.46. The minimum atomic E-state index is -3.42. The molecule has 0 aliphatic carbocycles. The van der Waals surface area contributed by atoms with Gasteiger partial charge in [-0.05, 0) is 51.6 Å². The fourth-order valence-corrected chi connectivity index (χ4v) is 4.03. The van der Waals surface area contributed by atoms with Gasteiger partial charge in [-0.3, -0.25) is 0 Å². The number of anilines is 1. The molecule has 6 heteroatoms. The molecule has 1 heterocycles. The Balaban J connectivity index is 2.17. The van der Waals surface area contributed by atoms with Gasteiger partial charge in [-0.25, -0.2) is 8.42 Å². The predicted molar refractivity (Wildman–Crippen MR) is 81.1 cm³/mol. The van der Waals surface area contributed by atoms with Gasteiger partial charge in [0.15, 0.2) is 0 Å². The van der Waals surface area contributed by atoms with E-state index in [4.69, 9.17) is 5.73 Å². The summed E-state index contributed by atoms with van der Waals surface area (Å²) >= 11 is 0. The van der Waals surface area contributed by atoms with Crippen molar-refractivity contribution in [3.8, 4) is 0 Å². The number of aryl methyl sites for hydroxylation is 1. The van der Waals surface area contributed by atoms with Gasteiger partial charge in [0.2, 0.25) is 10.0 Å². The number of hydrogen-bond donors (Lipinski definition) is 1. The van der Waals surface area contributed by atoms with Crippen molar-refractivity contribution >= 4 is 15.7 Å². The highest BCUT2D eigenvalue weighted by atomic mass is 32.2.